The number of phenols is 1. The van der Waals surface area contributed by atoms with E-state index in [1.165, 1.54) is 7.11 Å². The third-order valence-corrected chi connectivity index (χ3v) is 8.32. The Hall–Kier alpha value is -3.55. The van der Waals surface area contributed by atoms with Crippen LogP contribution < -0.4 is 10.1 Å². The molecule has 206 valence electrons. The van der Waals surface area contributed by atoms with Gasteiger partial charge in [-0.25, -0.2) is 4.79 Å². The summed E-state index contributed by atoms with van der Waals surface area (Å²) in [6, 6.07) is 20.8. The van der Waals surface area contributed by atoms with Crippen LogP contribution in [0.3, 0.4) is 0 Å². The van der Waals surface area contributed by atoms with Gasteiger partial charge in [0.1, 0.15) is 0 Å². The average Bonchev–Trinajstić information content (AvgIpc) is 2.94. The number of ketones is 1. The molecule has 1 heterocycles. The van der Waals surface area contributed by atoms with Crippen molar-refractivity contribution in [2.75, 3.05) is 13.7 Å². The minimum atomic E-state index is -0.690. The van der Waals surface area contributed by atoms with Gasteiger partial charge in [0.05, 0.1) is 23.8 Å². The van der Waals surface area contributed by atoms with Gasteiger partial charge in [0, 0.05) is 40.7 Å². The molecule has 0 bridgehead atoms. The molecular formula is C32H29BrClNO5. The fourth-order valence-corrected chi connectivity index (χ4v) is 6.10. The highest BCUT2D eigenvalue weighted by atomic mass is 79.9. The lowest BCUT2D eigenvalue weighted by Crippen LogP contribution is -2.36. The number of Topliss-reactive ketones (excluding diaryl/α,β-unsaturated/α-hetero) is 1. The van der Waals surface area contributed by atoms with E-state index in [2.05, 4.69) is 21.2 Å². The second-order valence-corrected chi connectivity index (χ2v) is 11.3. The molecular weight excluding hydrogens is 594 g/mol. The number of aromatic hydroxyl groups is 1. The van der Waals surface area contributed by atoms with E-state index < -0.39 is 11.9 Å². The Morgan fingerprint density at radius 1 is 1.07 bits per heavy atom. The van der Waals surface area contributed by atoms with Gasteiger partial charge in [-0.3, -0.25) is 4.79 Å². The van der Waals surface area contributed by atoms with Crippen LogP contribution in [-0.2, 0) is 20.7 Å². The van der Waals surface area contributed by atoms with E-state index in [0.717, 1.165) is 16.8 Å². The van der Waals surface area contributed by atoms with E-state index >= 15 is 0 Å². The number of methoxy groups -OCH3 is 1. The summed E-state index contributed by atoms with van der Waals surface area (Å²) in [5.74, 6) is -1.08. The van der Waals surface area contributed by atoms with Crippen LogP contribution in [0.1, 0.15) is 48.3 Å². The Bertz CT molecular complexity index is 1510. The Morgan fingerprint density at radius 2 is 1.80 bits per heavy atom. The first-order valence-corrected chi connectivity index (χ1v) is 14.2. The molecule has 0 fully saturated rings. The smallest absolute Gasteiger partial charge is 0.336 e. The van der Waals surface area contributed by atoms with Gasteiger partial charge in [-0.2, -0.15) is 0 Å². The van der Waals surface area contributed by atoms with Crippen molar-refractivity contribution in [2.24, 2.45) is 0 Å². The van der Waals surface area contributed by atoms with E-state index in [4.69, 9.17) is 21.1 Å². The first-order valence-electron chi connectivity index (χ1n) is 13.0. The molecule has 0 saturated carbocycles. The largest absolute Gasteiger partial charge is 0.503 e. The molecule has 3 aromatic rings. The van der Waals surface area contributed by atoms with Crippen LogP contribution in [0.4, 0.5) is 0 Å². The maximum atomic E-state index is 13.9. The monoisotopic (exact) mass is 621 g/mol. The highest BCUT2D eigenvalue weighted by Gasteiger charge is 2.42. The van der Waals surface area contributed by atoms with Gasteiger partial charge in [-0.1, -0.05) is 54.1 Å². The number of halogens is 2. The molecule has 5 rings (SSSR count). The van der Waals surface area contributed by atoms with E-state index in [9.17, 15) is 14.7 Å². The van der Waals surface area contributed by atoms with Crippen molar-refractivity contribution < 1.29 is 24.2 Å². The Morgan fingerprint density at radius 3 is 2.50 bits per heavy atom. The topological polar surface area (TPSA) is 84.9 Å². The van der Waals surface area contributed by atoms with Crippen molar-refractivity contribution in [3.8, 4) is 11.5 Å². The molecule has 3 aromatic carbocycles. The number of hydrogen-bond acceptors (Lipinski definition) is 6. The lowest BCUT2D eigenvalue weighted by Gasteiger charge is -2.37. The summed E-state index contributed by atoms with van der Waals surface area (Å²) in [4.78, 5) is 27.5. The summed E-state index contributed by atoms with van der Waals surface area (Å²) in [5.41, 5.74) is 5.04. The number of dihydropyridines is 1. The maximum Gasteiger partial charge on any atom is 0.336 e. The minimum absolute atomic E-state index is 0.0232. The molecule has 8 heteroatoms. The predicted octanol–water partition coefficient (Wildman–Crippen LogP) is 6.96. The van der Waals surface area contributed by atoms with E-state index in [0.29, 0.717) is 51.2 Å². The number of phenolic OH excluding ortho intramolecular Hbond substituents is 1. The quantitative estimate of drug-likeness (QED) is 0.277. The van der Waals surface area contributed by atoms with E-state index in [-0.39, 0.29) is 29.8 Å². The fraction of sp³-hybridized carbons (Fsp3) is 0.250. The molecule has 2 N–H and O–H groups in total. The predicted molar refractivity (Wildman–Crippen MR) is 158 cm³/mol. The molecule has 1 aliphatic carbocycles. The van der Waals surface area contributed by atoms with Gasteiger partial charge in [0.15, 0.2) is 17.3 Å². The Kier molecular flexibility index (Phi) is 8.33. The van der Waals surface area contributed by atoms with Gasteiger partial charge in [0.2, 0.25) is 0 Å². The van der Waals surface area contributed by atoms with Crippen molar-refractivity contribution in [3.05, 3.63) is 115 Å². The van der Waals surface area contributed by atoms with Gasteiger partial charge in [-0.15, -0.1) is 0 Å². The minimum Gasteiger partial charge on any atom is -0.503 e. The lowest BCUT2D eigenvalue weighted by atomic mass is 9.71. The number of benzene rings is 3. The van der Waals surface area contributed by atoms with Crippen molar-refractivity contribution in [1.82, 2.24) is 5.32 Å². The molecule has 0 aromatic heterocycles. The Labute approximate surface area is 246 Å². The Balaban J connectivity index is 1.52. The number of rotatable bonds is 7. The summed E-state index contributed by atoms with van der Waals surface area (Å²) in [6.07, 6.45) is 1.47. The van der Waals surface area contributed by atoms with Crippen LogP contribution in [0.5, 0.6) is 11.5 Å². The maximum absolute atomic E-state index is 13.9. The number of esters is 1. The normalized spacial score (nSPS) is 18.8. The third kappa shape index (κ3) is 5.67. The molecule has 1 aliphatic heterocycles. The van der Waals surface area contributed by atoms with Crippen molar-refractivity contribution in [3.63, 3.8) is 0 Å². The molecule has 6 nitrogen and oxygen atoms in total. The number of hydrogen-bond donors (Lipinski definition) is 2. The molecule has 2 aliphatic rings. The van der Waals surface area contributed by atoms with Gasteiger partial charge in [-0.05, 0) is 76.1 Å². The van der Waals surface area contributed by atoms with Crippen LogP contribution in [0.25, 0.3) is 0 Å². The number of nitrogens with one attached hydrogen (secondary N) is 1. The zero-order chi connectivity index (χ0) is 28.4. The van der Waals surface area contributed by atoms with Crippen molar-refractivity contribution in [1.29, 1.82) is 0 Å². The van der Waals surface area contributed by atoms with Gasteiger partial charge < -0.3 is 19.9 Å². The molecule has 0 saturated heterocycles. The number of ether oxygens (including phenoxy) is 2. The van der Waals surface area contributed by atoms with Crippen LogP contribution in [0.2, 0.25) is 5.02 Å². The summed E-state index contributed by atoms with van der Waals surface area (Å²) in [7, 11) is 1.46. The molecule has 0 amide bonds. The average molecular weight is 623 g/mol. The highest BCUT2D eigenvalue weighted by molar-refractivity contribution is 9.10. The first kappa shape index (κ1) is 28.0. The SMILES string of the molecule is COc1cc([C@@H]2C(C(=O)OCCc3ccccc3)=C(C)NC3=C2C(=O)C[C@H](c2ccc(Cl)cc2)C3)cc(Br)c1O. The summed E-state index contributed by atoms with van der Waals surface area (Å²) >= 11 is 9.49. The summed E-state index contributed by atoms with van der Waals surface area (Å²) < 4.78 is 11.6. The third-order valence-electron chi connectivity index (χ3n) is 7.46. The number of carbonyl (C=O) groups is 2. The van der Waals surface area contributed by atoms with Crippen molar-refractivity contribution >= 4 is 39.3 Å². The molecule has 0 spiro atoms. The molecule has 0 radical (unpaired) electrons. The summed E-state index contributed by atoms with van der Waals surface area (Å²) in [6.45, 7) is 2.03. The first-order chi connectivity index (χ1) is 19.3. The van der Waals surface area contributed by atoms with Gasteiger partial charge in [0.25, 0.3) is 0 Å². The lowest BCUT2D eigenvalue weighted by molar-refractivity contribution is -0.139. The van der Waals surface area contributed by atoms with Crippen LogP contribution in [-0.4, -0.2) is 30.6 Å². The van der Waals surface area contributed by atoms with Crippen LogP contribution in [0, 0.1) is 0 Å². The van der Waals surface area contributed by atoms with Crippen LogP contribution in [0.15, 0.2) is 93.7 Å². The summed E-state index contributed by atoms with van der Waals surface area (Å²) in [5, 5.41) is 14.5. The number of allylic oxidation sites excluding steroid dienone is 3. The van der Waals surface area contributed by atoms with Crippen LogP contribution >= 0.6 is 27.5 Å². The molecule has 40 heavy (non-hydrogen) atoms. The number of carbonyl (C=O) groups excluding carboxylic acids is 2. The molecule has 2 atom stereocenters. The highest BCUT2D eigenvalue weighted by Crippen LogP contribution is 2.48. The zero-order valence-corrected chi connectivity index (χ0v) is 24.5. The zero-order valence-electron chi connectivity index (χ0n) is 22.2. The second kappa shape index (κ2) is 11.9. The fourth-order valence-electron chi connectivity index (χ4n) is 5.51. The second-order valence-electron chi connectivity index (χ2n) is 9.99. The van der Waals surface area contributed by atoms with Gasteiger partial charge >= 0.3 is 5.97 Å². The van der Waals surface area contributed by atoms with E-state index in [1.807, 2.05) is 61.5 Å². The molecule has 0 unspecified atom stereocenters. The van der Waals surface area contributed by atoms with Crippen molar-refractivity contribution in [2.45, 2.75) is 38.0 Å². The standard InChI is InChI=1S/C32H29BrClNO5/c1-18-28(32(38)40-13-12-19-6-4-3-5-7-19)29(22-14-24(33)31(37)27(17-22)39-2)30-25(35-18)15-21(16-26(30)36)20-8-10-23(34)11-9-20/h3-11,14,17,21,29,35,37H,12-13,15-16H2,1-2H3/t21-,29-/m1/s1. The van der Waals surface area contributed by atoms with E-state index in [1.54, 1.807) is 12.1 Å².